The van der Waals surface area contributed by atoms with Gasteiger partial charge in [-0.15, -0.1) is 0 Å². The van der Waals surface area contributed by atoms with E-state index in [9.17, 15) is 19.8 Å². The van der Waals surface area contributed by atoms with E-state index < -0.39 is 18.0 Å². The summed E-state index contributed by atoms with van der Waals surface area (Å²) in [5.74, 6) is -1.27. The van der Waals surface area contributed by atoms with E-state index in [-0.39, 0.29) is 17.9 Å². The molecule has 2 aliphatic rings. The highest BCUT2D eigenvalue weighted by Crippen LogP contribution is 2.44. The molecule has 6 rings (SSSR count). The maximum absolute atomic E-state index is 12.0. The zero-order chi connectivity index (χ0) is 21.3. The molecule has 0 spiro atoms. The molecule has 1 unspecified atom stereocenters. The predicted molar refractivity (Wildman–Crippen MR) is 109 cm³/mol. The number of fused-ring (bicyclic) bond motifs is 5. The Bertz CT molecular complexity index is 1410. The molecule has 0 saturated carbocycles. The molecule has 4 heterocycles. The molecule has 0 fully saturated rings. The van der Waals surface area contributed by atoms with E-state index in [2.05, 4.69) is 4.98 Å². The van der Waals surface area contributed by atoms with Crippen LogP contribution in [0.5, 0.6) is 11.5 Å². The van der Waals surface area contributed by atoms with Crippen LogP contribution in [0.1, 0.15) is 49.3 Å². The van der Waals surface area contributed by atoms with Crippen LogP contribution in [0.15, 0.2) is 48.7 Å². The number of para-hydroxylation sites is 1. The van der Waals surface area contributed by atoms with E-state index in [1.165, 1.54) is 6.20 Å². The fourth-order valence-electron chi connectivity index (χ4n) is 4.74. The van der Waals surface area contributed by atoms with Crippen LogP contribution in [0.4, 0.5) is 0 Å². The minimum absolute atomic E-state index is 0.141. The summed E-state index contributed by atoms with van der Waals surface area (Å²) in [6, 6.07) is 13.0. The fourth-order valence-corrected chi connectivity index (χ4v) is 4.74. The third kappa shape index (κ3) is 2.41. The average molecular weight is 416 g/mol. The normalized spacial score (nSPS) is 16.2. The summed E-state index contributed by atoms with van der Waals surface area (Å²) in [5, 5.41) is 20.5. The largest absolute Gasteiger partial charge is 0.478 e. The summed E-state index contributed by atoms with van der Waals surface area (Å²) in [4.78, 5) is 27.4. The van der Waals surface area contributed by atoms with Gasteiger partial charge in [0, 0.05) is 34.9 Å². The summed E-state index contributed by atoms with van der Waals surface area (Å²) >= 11 is 0. The summed E-state index contributed by atoms with van der Waals surface area (Å²) in [7, 11) is 0. The number of nitrogens with one attached hydrogen (secondary N) is 1. The SMILES string of the molecule is O=C(O)c1cn2c(c1C(=O)O)Cc1c([nH]c3ccccc13)C2c1ccc2c(c1)OCO2. The monoisotopic (exact) mass is 416 g/mol. The minimum Gasteiger partial charge on any atom is -0.478 e. The molecule has 2 aromatic carbocycles. The van der Waals surface area contributed by atoms with Gasteiger partial charge in [0.1, 0.15) is 0 Å². The Hall–Kier alpha value is -4.20. The van der Waals surface area contributed by atoms with Gasteiger partial charge in [-0.3, -0.25) is 0 Å². The second-order valence-electron chi connectivity index (χ2n) is 7.64. The molecule has 0 bridgehead atoms. The lowest BCUT2D eigenvalue weighted by atomic mass is 9.91. The van der Waals surface area contributed by atoms with Crippen molar-refractivity contribution in [1.82, 2.24) is 9.55 Å². The zero-order valence-electron chi connectivity index (χ0n) is 16.1. The molecule has 3 N–H and O–H groups in total. The van der Waals surface area contributed by atoms with Crippen molar-refractivity contribution in [3.05, 3.63) is 82.3 Å². The molecule has 31 heavy (non-hydrogen) atoms. The quantitative estimate of drug-likeness (QED) is 0.414. The Labute approximate surface area is 175 Å². The summed E-state index contributed by atoms with van der Waals surface area (Å²) in [5.41, 5.74) is 3.71. The first-order valence-electron chi connectivity index (χ1n) is 9.72. The maximum Gasteiger partial charge on any atom is 0.338 e. The molecule has 8 nitrogen and oxygen atoms in total. The molecule has 0 amide bonds. The van der Waals surface area contributed by atoms with Gasteiger partial charge in [-0.2, -0.15) is 0 Å². The standard InChI is InChI=1S/C23H16N2O6/c26-22(27)14-9-25-16(19(14)23(28)29)8-13-12-3-1-2-4-15(12)24-20(13)21(25)11-5-6-17-18(7-11)31-10-30-17/h1-7,9,21,24H,8,10H2,(H,26,27)(H,28,29). The van der Waals surface area contributed by atoms with Crippen LogP contribution in [0.3, 0.4) is 0 Å². The van der Waals surface area contributed by atoms with E-state index in [1.54, 1.807) is 4.57 Å². The van der Waals surface area contributed by atoms with Crippen LogP contribution in [-0.4, -0.2) is 38.5 Å². The van der Waals surface area contributed by atoms with Gasteiger partial charge in [0.05, 0.1) is 17.2 Å². The van der Waals surface area contributed by atoms with Crippen molar-refractivity contribution in [2.75, 3.05) is 6.79 Å². The van der Waals surface area contributed by atoms with Crippen molar-refractivity contribution >= 4 is 22.8 Å². The molecule has 154 valence electrons. The lowest BCUT2D eigenvalue weighted by Crippen LogP contribution is -2.22. The first-order chi connectivity index (χ1) is 15.0. The third-order valence-corrected chi connectivity index (χ3v) is 6.04. The van der Waals surface area contributed by atoms with Crippen molar-refractivity contribution in [3.8, 4) is 11.5 Å². The number of aromatic carboxylic acids is 2. The third-order valence-electron chi connectivity index (χ3n) is 6.04. The van der Waals surface area contributed by atoms with Gasteiger partial charge in [-0.1, -0.05) is 24.3 Å². The number of rotatable bonds is 3. The Morgan fingerprint density at radius 1 is 1.03 bits per heavy atom. The summed E-state index contributed by atoms with van der Waals surface area (Å²) < 4.78 is 12.7. The highest BCUT2D eigenvalue weighted by Gasteiger charge is 2.36. The van der Waals surface area contributed by atoms with Gasteiger partial charge in [0.2, 0.25) is 6.79 Å². The Morgan fingerprint density at radius 3 is 2.65 bits per heavy atom. The topological polar surface area (TPSA) is 114 Å². The van der Waals surface area contributed by atoms with Crippen LogP contribution >= 0.6 is 0 Å². The van der Waals surface area contributed by atoms with Gasteiger partial charge in [0.15, 0.2) is 11.5 Å². The molecule has 2 aromatic heterocycles. The predicted octanol–water partition coefficient (Wildman–Crippen LogP) is 3.64. The van der Waals surface area contributed by atoms with Crippen molar-refractivity contribution in [2.45, 2.75) is 12.5 Å². The van der Waals surface area contributed by atoms with Gasteiger partial charge in [0.25, 0.3) is 0 Å². The fraction of sp³-hybridized carbons (Fsp3) is 0.130. The molecule has 0 saturated heterocycles. The number of nitrogens with zero attached hydrogens (tertiary/aromatic N) is 1. The second kappa shape index (κ2) is 6.15. The molecule has 0 aliphatic carbocycles. The van der Waals surface area contributed by atoms with E-state index in [0.717, 1.165) is 27.7 Å². The highest BCUT2D eigenvalue weighted by molar-refractivity contribution is 6.03. The van der Waals surface area contributed by atoms with E-state index >= 15 is 0 Å². The van der Waals surface area contributed by atoms with Gasteiger partial charge in [-0.25, -0.2) is 9.59 Å². The molecule has 4 aromatic rings. The van der Waals surface area contributed by atoms with Gasteiger partial charge in [-0.05, 0) is 29.3 Å². The Kier molecular flexibility index (Phi) is 3.50. The summed E-state index contributed by atoms with van der Waals surface area (Å²) in [6.45, 7) is 0.141. The number of hydrogen-bond acceptors (Lipinski definition) is 4. The van der Waals surface area contributed by atoms with Crippen molar-refractivity contribution in [3.63, 3.8) is 0 Å². The Balaban J connectivity index is 1.66. The van der Waals surface area contributed by atoms with Crippen molar-refractivity contribution in [2.24, 2.45) is 0 Å². The highest BCUT2D eigenvalue weighted by atomic mass is 16.7. The van der Waals surface area contributed by atoms with Gasteiger partial charge >= 0.3 is 11.9 Å². The van der Waals surface area contributed by atoms with E-state index in [1.807, 2.05) is 42.5 Å². The lowest BCUT2D eigenvalue weighted by Gasteiger charge is -2.28. The van der Waals surface area contributed by atoms with Crippen molar-refractivity contribution in [1.29, 1.82) is 0 Å². The van der Waals surface area contributed by atoms with Crippen LogP contribution in [-0.2, 0) is 6.42 Å². The van der Waals surface area contributed by atoms with E-state index in [0.29, 0.717) is 23.6 Å². The number of aromatic nitrogens is 2. The lowest BCUT2D eigenvalue weighted by molar-refractivity contribution is 0.0652. The average Bonchev–Trinajstić information content (AvgIpc) is 3.46. The van der Waals surface area contributed by atoms with Crippen LogP contribution in [0, 0.1) is 0 Å². The number of H-pyrrole nitrogens is 1. The molecule has 2 aliphatic heterocycles. The maximum atomic E-state index is 12.0. The summed E-state index contributed by atoms with van der Waals surface area (Å²) in [6.07, 6.45) is 1.74. The number of carbonyl (C=O) groups is 2. The molecule has 8 heteroatoms. The smallest absolute Gasteiger partial charge is 0.338 e. The minimum atomic E-state index is -1.27. The van der Waals surface area contributed by atoms with Gasteiger partial charge < -0.3 is 29.2 Å². The second-order valence-corrected chi connectivity index (χ2v) is 7.64. The Morgan fingerprint density at radius 2 is 1.84 bits per heavy atom. The number of aromatic amines is 1. The molecular weight excluding hydrogens is 400 g/mol. The first-order valence-corrected chi connectivity index (χ1v) is 9.72. The number of carboxylic acids is 2. The van der Waals surface area contributed by atoms with Crippen LogP contribution in [0.2, 0.25) is 0 Å². The van der Waals surface area contributed by atoms with Crippen LogP contribution < -0.4 is 9.47 Å². The van der Waals surface area contributed by atoms with Crippen molar-refractivity contribution < 1.29 is 29.3 Å². The number of hydrogen-bond donors (Lipinski definition) is 3. The van der Waals surface area contributed by atoms with Crippen LogP contribution in [0.25, 0.3) is 10.9 Å². The number of benzene rings is 2. The first kappa shape index (κ1) is 17.6. The molecular formula is C23H16N2O6. The molecule has 1 atom stereocenters. The van der Waals surface area contributed by atoms with E-state index in [4.69, 9.17) is 9.47 Å². The molecule has 0 radical (unpaired) electrons. The zero-order valence-corrected chi connectivity index (χ0v) is 16.1. The number of ether oxygens (including phenoxy) is 2. The number of carboxylic acid groups (broad SMARTS) is 2.